The fourth-order valence-corrected chi connectivity index (χ4v) is 9.11. The number of hydrogen-bond acceptors (Lipinski definition) is 5. The highest BCUT2D eigenvalue weighted by Crippen LogP contribution is 2.19. The Kier molecular flexibility index (Phi) is 51.9. The second-order valence-electron chi connectivity index (χ2n) is 20.1. The summed E-state index contributed by atoms with van der Waals surface area (Å²) in [6.07, 6.45) is 62.4. The van der Waals surface area contributed by atoms with Crippen molar-refractivity contribution in [2.75, 3.05) is 6.61 Å². The monoisotopic (exact) mass is 916 g/mol. The molecule has 6 heteroatoms. The van der Waals surface area contributed by atoms with Crippen LogP contribution in [0.4, 0.5) is 0 Å². The Hall–Kier alpha value is -1.66. The quantitative estimate of drug-likeness (QED) is 0.0321. The molecule has 6 nitrogen and oxygen atoms in total. The number of ether oxygens (including phenoxy) is 1. The van der Waals surface area contributed by atoms with E-state index in [0.29, 0.717) is 19.3 Å². The average molecular weight is 917 g/mol. The maximum Gasteiger partial charge on any atom is 0.306 e. The van der Waals surface area contributed by atoms with Gasteiger partial charge in [-0.2, -0.15) is 0 Å². The highest BCUT2D eigenvalue weighted by atomic mass is 16.5. The first kappa shape index (κ1) is 63.3. The molecule has 3 unspecified atom stereocenters. The Labute approximate surface area is 405 Å². The van der Waals surface area contributed by atoms with E-state index in [-0.39, 0.29) is 24.9 Å². The molecule has 384 valence electrons. The van der Waals surface area contributed by atoms with Gasteiger partial charge in [-0.25, -0.2) is 0 Å². The molecular formula is C59H113NO5. The zero-order valence-corrected chi connectivity index (χ0v) is 43.9. The lowest BCUT2D eigenvalue weighted by atomic mass is 10.0. The number of esters is 1. The summed E-state index contributed by atoms with van der Waals surface area (Å²) in [5, 5.41) is 23.9. The summed E-state index contributed by atoms with van der Waals surface area (Å²) in [5.74, 6) is -0.460. The molecule has 0 radical (unpaired) electrons. The predicted molar refractivity (Wildman–Crippen MR) is 283 cm³/mol. The first-order chi connectivity index (χ1) is 32.0. The van der Waals surface area contributed by atoms with E-state index in [1.807, 2.05) is 0 Å². The molecule has 0 aliphatic heterocycles. The van der Waals surface area contributed by atoms with Crippen LogP contribution >= 0.6 is 0 Å². The second-order valence-corrected chi connectivity index (χ2v) is 20.1. The minimum atomic E-state index is -0.784. The van der Waals surface area contributed by atoms with Crippen molar-refractivity contribution in [1.82, 2.24) is 5.32 Å². The van der Waals surface area contributed by atoms with E-state index in [2.05, 4.69) is 50.4 Å². The van der Waals surface area contributed by atoms with E-state index in [1.165, 1.54) is 218 Å². The Morgan fingerprint density at radius 3 is 1.20 bits per heavy atom. The molecule has 0 aliphatic rings. The summed E-state index contributed by atoms with van der Waals surface area (Å²) in [5.41, 5.74) is 0. The van der Waals surface area contributed by atoms with E-state index in [9.17, 15) is 19.8 Å². The Balaban J connectivity index is 4.42. The normalized spacial score (nSPS) is 13.2. The number of allylic oxidation sites excluding steroid dienone is 4. The lowest BCUT2D eigenvalue weighted by molar-refractivity contribution is -0.151. The van der Waals surface area contributed by atoms with Crippen LogP contribution in [-0.2, 0) is 14.3 Å². The second kappa shape index (κ2) is 53.3. The molecule has 0 aromatic carbocycles. The zero-order valence-electron chi connectivity index (χ0n) is 43.9. The molecule has 0 aromatic rings. The van der Waals surface area contributed by atoms with Gasteiger partial charge < -0.3 is 20.3 Å². The van der Waals surface area contributed by atoms with E-state index in [4.69, 9.17) is 4.74 Å². The number of aliphatic hydroxyl groups excluding tert-OH is 2. The van der Waals surface area contributed by atoms with Crippen LogP contribution in [0.15, 0.2) is 24.3 Å². The first-order valence-electron chi connectivity index (χ1n) is 29.1. The third-order valence-corrected chi connectivity index (χ3v) is 13.5. The number of aliphatic hydroxyl groups is 2. The minimum absolute atomic E-state index is 0.0819. The average Bonchev–Trinajstić information content (AvgIpc) is 3.30. The Morgan fingerprint density at radius 2 is 0.785 bits per heavy atom. The van der Waals surface area contributed by atoms with E-state index in [1.54, 1.807) is 0 Å². The molecular weight excluding hydrogens is 803 g/mol. The third kappa shape index (κ3) is 48.6. The van der Waals surface area contributed by atoms with Gasteiger partial charge in [-0.05, 0) is 57.8 Å². The lowest BCUT2D eigenvalue weighted by Crippen LogP contribution is -2.46. The zero-order chi connectivity index (χ0) is 47.4. The largest absolute Gasteiger partial charge is 0.462 e. The van der Waals surface area contributed by atoms with Gasteiger partial charge in [-0.3, -0.25) is 9.59 Å². The molecule has 3 N–H and O–H groups in total. The van der Waals surface area contributed by atoms with Gasteiger partial charge in [-0.15, -0.1) is 0 Å². The van der Waals surface area contributed by atoms with E-state index >= 15 is 0 Å². The number of carbonyl (C=O) groups is 2. The topological polar surface area (TPSA) is 95.9 Å². The number of hydrogen-bond donors (Lipinski definition) is 3. The molecule has 3 atom stereocenters. The maximum atomic E-state index is 13.2. The van der Waals surface area contributed by atoms with Gasteiger partial charge in [-0.1, -0.05) is 270 Å². The fraction of sp³-hybridized carbons (Fsp3) is 0.898. The van der Waals surface area contributed by atoms with Crippen LogP contribution in [0.25, 0.3) is 0 Å². The number of nitrogens with one attached hydrogen (secondary N) is 1. The molecule has 0 heterocycles. The lowest BCUT2D eigenvalue weighted by Gasteiger charge is -2.24. The van der Waals surface area contributed by atoms with Crippen molar-refractivity contribution in [1.29, 1.82) is 0 Å². The van der Waals surface area contributed by atoms with Crippen LogP contribution in [0, 0.1) is 0 Å². The molecule has 1 amide bonds. The predicted octanol–water partition coefficient (Wildman–Crippen LogP) is 17.9. The smallest absolute Gasteiger partial charge is 0.306 e. The van der Waals surface area contributed by atoms with Crippen molar-refractivity contribution in [3.8, 4) is 0 Å². The molecule has 0 fully saturated rings. The molecule has 0 saturated carbocycles. The molecule has 0 aliphatic carbocycles. The summed E-state index contributed by atoms with van der Waals surface area (Å²) in [6.45, 7) is 6.49. The number of carbonyl (C=O) groups excluding carboxylic acids is 2. The number of rotatable bonds is 53. The third-order valence-electron chi connectivity index (χ3n) is 13.5. The van der Waals surface area contributed by atoms with Crippen LogP contribution in [0.1, 0.15) is 316 Å². The molecule has 65 heavy (non-hydrogen) atoms. The highest BCUT2D eigenvalue weighted by Gasteiger charge is 2.24. The molecule has 0 saturated heterocycles. The van der Waals surface area contributed by atoms with Crippen LogP contribution in [0.5, 0.6) is 0 Å². The van der Waals surface area contributed by atoms with Gasteiger partial charge >= 0.3 is 5.97 Å². The van der Waals surface area contributed by atoms with Gasteiger partial charge in [0.15, 0.2) is 0 Å². The summed E-state index contributed by atoms with van der Waals surface area (Å²) in [4.78, 5) is 26.2. The minimum Gasteiger partial charge on any atom is -0.462 e. The van der Waals surface area contributed by atoms with Gasteiger partial charge in [0.2, 0.25) is 5.91 Å². The Morgan fingerprint density at radius 1 is 0.446 bits per heavy atom. The van der Waals surface area contributed by atoms with Crippen molar-refractivity contribution >= 4 is 11.9 Å². The number of amides is 1. The summed E-state index contributed by atoms with van der Waals surface area (Å²) < 4.78 is 5.96. The maximum absolute atomic E-state index is 13.2. The van der Waals surface area contributed by atoms with Crippen LogP contribution in [0.2, 0.25) is 0 Å². The molecule has 0 spiro atoms. The van der Waals surface area contributed by atoms with Gasteiger partial charge in [0, 0.05) is 6.42 Å². The van der Waals surface area contributed by atoms with Gasteiger partial charge in [0.05, 0.1) is 25.2 Å². The van der Waals surface area contributed by atoms with E-state index < -0.39 is 18.2 Å². The van der Waals surface area contributed by atoms with Gasteiger partial charge in [0.1, 0.15) is 6.10 Å². The first-order valence-corrected chi connectivity index (χ1v) is 29.1. The SMILES string of the molecule is CCCCC/C=C\C/C=C\CCCCCCCCCCCC(=O)OC(CCCCCCCCCCCCC)CC(=O)NC(CO)C(O)CCCCCCCCCCCCCCCCCC. The van der Waals surface area contributed by atoms with Gasteiger partial charge in [0.25, 0.3) is 0 Å². The van der Waals surface area contributed by atoms with Crippen LogP contribution in [-0.4, -0.2) is 46.9 Å². The van der Waals surface area contributed by atoms with Crippen molar-refractivity contribution in [2.45, 2.75) is 334 Å². The highest BCUT2D eigenvalue weighted by molar-refractivity contribution is 5.77. The Bertz CT molecular complexity index is 1030. The van der Waals surface area contributed by atoms with Crippen molar-refractivity contribution in [2.24, 2.45) is 0 Å². The van der Waals surface area contributed by atoms with Crippen molar-refractivity contribution in [3.05, 3.63) is 24.3 Å². The fourth-order valence-electron chi connectivity index (χ4n) is 9.11. The summed E-state index contributed by atoms with van der Waals surface area (Å²) >= 11 is 0. The molecule has 0 rings (SSSR count). The van der Waals surface area contributed by atoms with Crippen molar-refractivity contribution in [3.63, 3.8) is 0 Å². The van der Waals surface area contributed by atoms with Crippen LogP contribution in [0.3, 0.4) is 0 Å². The molecule has 0 bridgehead atoms. The van der Waals surface area contributed by atoms with Crippen molar-refractivity contribution < 1.29 is 24.5 Å². The van der Waals surface area contributed by atoms with Crippen LogP contribution < -0.4 is 5.32 Å². The van der Waals surface area contributed by atoms with E-state index in [0.717, 1.165) is 51.4 Å². The molecule has 0 aromatic heterocycles. The summed E-state index contributed by atoms with van der Waals surface area (Å²) in [7, 11) is 0. The number of unbranched alkanes of at least 4 members (excludes halogenated alkanes) is 37. The standard InChI is InChI=1S/C59H113NO5/c1-4-7-10-13-16-19-22-24-26-28-29-30-32-34-37-40-43-46-49-52-59(64)65-55(50-47-44-41-38-35-21-18-15-12-9-6-3)53-58(63)60-56(54-61)57(62)51-48-45-42-39-36-33-31-27-25-23-20-17-14-11-8-5-2/h16,19,24,26,55-57,61-62H,4-15,17-18,20-23,25,27-54H2,1-3H3,(H,60,63)/b19-16-,26-24-. The summed E-state index contributed by atoms with van der Waals surface area (Å²) in [6, 6.07) is -0.697.